The van der Waals surface area contributed by atoms with E-state index in [-0.39, 0.29) is 13.0 Å². The van der Waals surface area contributed by atoms with Gasteiger partial charge in [0, 0.05) is 6.42 Å². The van der Waals surface area contributed by atoms with Crippen molar-refractivity contribution in [2.45, 2.75) is 63.1 Å². The van der Waals surface area contributed by atoms with Gasteiger partial charge in [0.2, 0.25) is 0 Å². The van der Waals surface area contributed by atoms with Crippen LogP contribution in [0.1, 0.15) is 47.0 Å². The molecule has 0 bridgehead atoms. The molecule has 212 valence electrons. The first-order chi connectivity index (χ1) is 19.8. The van der Waals surface area contributed by atoms with Crippen LogP contribution in [0.5, 0.6) is 0 Å². The maximum Gasteiger partial charge on any atom is 0.167 e. The molecule has 11 heteroatoms. The van der Waals surface area contributed by atoms with Crippen LogP contribution >= 0.6 is 0 Å². The van der Waals surface area contributed by atoms with Crippen LogP contribution < -0.4 is 5.32 Å². The Morgan fingerprint density at radius 2 is 1.68 bits per heavy atom. The number of nitrogens with zero attached hydrogens (tertiary/aromatic N) is 4. The van der Waals surface area contributed by atoms with E-state index in [1.807, 2.05) is 31.2 Å². The fraction of sp³-hybridized carbons (Fsp3) is 0.367. The molecule has 5 unspecified atom stereocenters. The minimum atomic E-state index is -1.43. The summed E-state index contributed by atoms with van der Waals surface area (Å²) in [6.45, 7) is 3.79. The van der Waals surface area contributed by atoms with Crippen LogP contribution in [0.25, 0.3) is 32.7 Å². The summed E-state index contributed by atoms with van der Waals surface area (Å²) in [6, 6.07) is 11.1. The smallest absolute Gasteiger partial charge is 0.167 e. The second-order valence-corrected chi connectivity index (χ2v) is 11.0. The lowest BCUT2D eigenvalue weighted by Gasteiger charge is -2.39. The van der Waals surface area contributed by atoms with Crippen LogP contribution in [-0.2, 0) is 4.74 Å². The Kier molecular flexibility index (Phi) is 6.19. The Balaban J connectivity index is 1.38. The highest BCUT2D eigenvalue weighted by atomic mass is 16.5. The first-order valence-electron chi connectivity index (χ1n) is 13.7. The van der Waals surface area contributed by atoms with Crippen molar-refractivity contribution in [3.8, 4) is 0 Å². The highest BCUT2D eigenvalue weighted by Crippen LogP contribution is 2.46. The number of nitrogens with one attached hydrogen (secondary N) is 1. The molecule has 0 radical (unpaired) electrons. The Labute approximate surface area is 234 Å². The molecule has 0 saturated carbocycles. The van der Waals surface area contributed by atoms with E-state index in [4.69, 9.17) is 4.74 Å². The molecule has 11 nitrogen and oxygen atoms in total. The minimum absolute atomic E-state index is 0.265. The third-order valence-corrected chi connectivity index (χ3v) is 8.78. The van der Waals surface area contributed by atoms with E-state index in [1.54, 1.807) is 10.9 Å². The number of benzene rings is 3. The van der Waals surface area contributed by atoms with E-state index in [1.165, 1.54) is 6.33 Å². The summed E-state index contributed by atoms with van der Waals surface area (Å²) in [5.41, 5.74) is 4.17. The Morgan fingerprint density at radius 1 is 0.927 bits per heavy atom. The Morgan fingerprint density at radius 3 is 2.41 bits per heavy atom. The van der Waals surface area contributed by atoms with Gasteiger partial charge in [-0.1, -0.05) is 36.4 Å². The molecule has 5 aromatic rings. The van der Waals surface area contributed by atoms with Crippen molar-refractivity contribution in [2.75, 3.05) is 11.9 Å². The number of aryl methyl sites for hydroxylation is 2. The molecule has 6 N–H and O–H groups in total. The summed E-state index contributed by atoms with van der Waals surface area (Å²) >= 11 is 0. The fourth-order valence-electron chi connectivity index (χ4n) is 6.62. The number of imidazole rings is 1. The zero-order valence-corrected chi connectivity index (χ0v) is 22.5. The number of rotatable bonds is 4. The standard InChI is InChI=1S/C30H31N5O6/c1-13-15-5-3-4-6-16(15)14(2)22-17(13)7-8-18-23(22)24(27(39)28(40)26(18)38)34-29-25-30(32-11-31-29)35(12-33-25)21-9-19(37)20(10-36)41-21/h3-8,11-12,19-21,24,26-28,36-40H,9-10H2,1-2H3,(H,31,32,34)/t19-,20+,21?,24?,26?,27?,28?/m0/s1. The van der Waals surface area contributed by atoms with Crippen molar-refractivity contribution in [2.24, 2.45) is 0 Å². The van der Waals surface area contributed by atoms with Gasteiger partial charge in [-0.15, -0.1) is 0 Å². The molecule has 0 spiro atoms. The molecule has 2 aromatic heterocycles. The first kappa shape index (κ1) is 26.2. The van der Waals surface area contributed by atoms with E-state index >= 15 is 0 Å². The van der Waals surface area contributed by atoms with Crippen LogP contribution in [0, 0.1) is 13.8 Å². The number of hydrogen-bond donors (Lipinski definition) is 6. The zero-order chi connectivity index (χ0) is 28.6. The van der Waals surface area contributed by atoms with Gasteiger partial charge in [-0.25, -0.2) is 15.0 Å². The number of hydrogen-bond acceptors (Lipinski definition) is 10. The number of fused-ring (bicyclic) bond motifs is 5. The fourth-order valence-corrected chi connectivity index (χ4v) is 6.62. The largest absolute Gasteiger partial charge is 0.394 e. The number of anilines is 1. The maximum atomic E-state index is 11.4. The Bertz CT molecular complexity index is 1810. The molecule has 3 heterocycles. The van der Waals surface area contributed by atoms with Crippen molar-refractivity contribution >= 4 is 38.5 Å². The molecule has 1 aliphatic heterocycles. The second kappa shape index (κ2) is 9.69. The quantitative estimate of drug-likeness (QED) is 0.181. The molecule has 1 saturated heterocycles. The van der Waals surface area contributed by atoms with Gasteiger partial charge in [0.05, 0.1) is 25.1 Å². The number of aliphatic hydroxyl groups excluding tert-OH is 5. The SMILES string of the molecule is Cc1c2ccccc2c(C)c2c3c(ccc12)C(O)C(O)C(O)C3Nc1ncnc2c1ncn2C1C[C@H](O)[C@@H](CO)O1. The molecule has 41 heavy (non-hydrogen) atoms. The van der Waals surface area contributed by atoms with Gasteiger partial charge in [-0.3, -0.25) is 4.57 Å². The molecule has 7 atom stereocenters. The summed E-state index contributed by atoms with van der Waals surface area (Å²) < 4.78 is 7.48. The van der Waals surface area contributed by atoms with E-state index in [0.717, 1.165) is 32.7 Å². The predicted octanol–water partition coefficient (Wildman–Crippen LogP) is 2.31. The highest BCUT2D eigenvalue weighted by Gasteiger charge is 2.43. The van der Waals surface area contributed by atoms with Crippen LogP contribution in [0.3, 0.4) is 0 Å². The summed E-state index contributed by atoms with van der Waals surface area (Å²) in [5.74, 6) is 0.330. The zero-order valence-electron chi connectivity index (χ0n) is 22.5. The summed E-state index contributed by atoms with van der Waals surface area (Å²) in [6.07, 6.45) is -2.99. The molecule has 1 aliphatic carbocycles. The normalized spacial score (nSPS) is 28.0. The van der Waals surface area contributed by atoms with Gasteiger partial charge in [0.25, 0.3) is 0 Å². The average Bonchev–Trinajstić information content (AvgIpc) is 3.59. The third-order valence-electron chi connectivity index (χ3n) is 8.78. The molecule has 3 aromatic carbocycles. The topological polar surface area (TPSA) is 166 Å². The van der Waals surface area contributed by atoms with Gasteiger partial charge >= 0.3 is 0 Å². The maximum absolute atomic E-state index is 11.4. The number of ether oxygens (including phenoxy) is 1. The van der Waals surface area contributed by atoms with Crippen molar-refractivity contribution in [3.63, 3.8) is 0 Å². The van der Waals surface area contributed by atoms with E-state index < -0.39 is 42.8 Å². The number of aliphatic hydroxyl groups is 5. The molecule has 7 rings (SSSR count). The van der Waals surface area contributed by atoms with E-state index in [2.05, 4.69) is 39.3 Å². The second-order valence-electron chi connectivity index (χ2n) is 11.0. The number of aromatic nitrogens is 4. The van der Waals surface area contributed by atoms with Gasteiger partial charge < -0.3 is 35.6 Å². The Hall–Kier alpha value is -3.71. The molecule has 0 amide bonds. The van der Waals surface area contributed by atoms with Crippen molar-refractivity contribution in [3.05, 3.63) is 71.3 Å². The van der Waals surface area contributed by atoms with Gasteiger partial charge in [-0.05, 0) is 57.6 Å². The van der Waals surface area contributed by atoms with E-state index in [0.29, 0.717) is 28.1 Å². The lowest BCUT2D eigenvalue weighted by molar-refractivity contribution is -0.0766. The molecular formula is C30H31N5O6. The summed E-state index contributed by atoms with van der Waals surface area (Å²) in [7, 11) is 0. The predicted molar refractivity (Wildman–Crippen MR) is 151 cm³/mol. The molecular weight excluding hydrogens is 526 g/mol. The summed E-state index contributed by atoms with van der Waals surface area (Å²) in [5, 5.41) is 60.5. The monoisotopic (exact) mass is 557 g/mol. The van der Waals surface area contributed by atoms with Gasteiger partial charge in [-0.2, -0.15) is 0 Å². The van der Waals surface area contributed by atoms with Crippen molar-refractivity contribution in [1.82, 2.24) is 19.5 Å². The highest BCUT2D eigenvalue weighted by molar-refractivity contribution is 6.07. The lowest BCUT2D eigenvalue weighted by atomic mass is 9.77. The third kappa shape index (κ3) is 3.85. The summed E-state index contributed by atoms with van der Waals surface area (Å²) in [4.78, 5) is 13.3. The molecule has 2 aliphatic rings. The van der Waals surface area contributed by atoms with Crippen molar-refractivity contribution in [1.29, 1.82) is 0 Å². The van der Waals surface area contributed by atoms with Crippen LogP contribution in [0.15, 0.2) is 49.1 Å². The first-order valence-corrected chi connectivity index (χ1v) is 13.7. The van der Waals surface area contributed by atoms with Crippen LogP contribution in [0.4, 0.5) is 5.82 Å². The lowest BCUT2D eigenvalue weighted by Crippen LogP contribution is -2.44. The van der Waals surface area contributed by atoms with Crippen LogP contribution in [-0.4, -0.2) is 76.1 Å². The van der Waals surface area contributed by atoms with Crippen LogP contribution in [0.2, 0.25) is 0 Å². The molecule has 1 fully saturated rings. The van der Waals surface area contributed by atoms with Gasteiger partial charge in [0.15, 0.2) is 17.0 Å². The average molecular weight is 558 g/mol. The van der Waals surface area contributed by atoms with Gasteiger partial charge in [0.1, 0.15) is 37.0 Å². The minimum Gasteiger partial charge on any atom is -0.394 e. The van der Waals surface area contributed by atoms with E-state index in [9.17, 15) is 25.5 Å². The van der Waals surface area contributed by atoms with Crippen molar-refractivity contribution < 1.29 is 30.3 Å².